The zero-order chi connectivity index (χ0) is 16.5. The zero-order valence-corrected chi connectivity index (χ0v) is 12.2. The summed E-state index contributed by atoms with van der Waals surface area (Å²) >= 11 is 0. The van der Waals surface area contributed by atoms with Gasteiger partial charge in [-0.2, -0.15) is 22.0 Å². The quantitative estimate of drug-likeness (QED) is 0.408. The third-order valence-electron chi connectivity index (χ3n) is 3.48. The molecule has 1 N–H and O–H groups in total. The third-order valence-corrected chi connectivity index (χ3v) is 3.48. The van der Waals surface area contributed by atoms with Crippen molar-refractivity contribution in [3.63, 3.8) is 0 Å². The molecular formula is C14H23F5O2. The molecule has 0 amide bonds. The minimum atomic E-state index is -5.61. The van der Waals surface area contributed by atoms with Crippen LogP contribution in [0.25, 0.3) is 0 Å². The fourth-order valence-electron chi connectivity index (χ4n) is 2.06. The van der Waals surface area contributed by atoms with E-state index >= 15 is 0 Å². The number of carbonyl (C=O) groups is 1. The fraction of sp³-hybridized carbons (Fsp3) is 0.929. The second kappa shape index (κ2) is 9.20. The lowest BCUT2D eigenvalue weighted by atomic mass is 9.94. The minimum Gasteiger partial charge on any atom is -0.481 e. The molecule has 2 nitrogen and oxygen atoms in total. The molecule has 0 fully saturated rings. The fourth-order valence-corrected chi connectivity index (χ4v) is 2.06. The predicted molar refractivity (Wildman–Crippen MR) is 69.4 cm³/mol. The molecule has 21 heavy (non-hydrogen) atoms. The maximum Gasteiger partial charge on any atom is 0.453 e. The molecule has 0 heterocycles. The van der Waals surface area contributed by atoms with Crippen molar-refractivity contribution < 1.29 is 31.9 Å². The molecule has 7 heteroatoms. The van der Waals surface area contributed by atoms with Crippen LogP contribution >= 0.6 is 0 Å². The average Bonchev–Trinajstić information content (AvgIpc) is 2.35. The molecular weight excluding hydrogens is 295 g/mol. The van der Waals surface area contributed by atoms with Gasteiger partial charge in [0, 0.05) is 6.42 Å². The van der Waals surface area contributed by atoms with Gasteiger partial charge in [-0.25, -0.2) is 0 Å². The van der Waals surface area contributed by atoms with Gasteiger partial charge in [-0.15, -0.1) is 0 Å². The predicted octanol–water partition coefficient (Wildman–Crippen LogP) is 5.42. The molecule has 0 aliphatic heterocycles. The Hall–Kier alpha value is -0.880. The van der Waals surface area contributed by atoms with Crippen LogP contribution in [0.3, 0.4) is 0 Å². The number of hydrogen-bond acceptors (Lipinski definition) is 1. The number of carboxylic acids is 1. The smallest absolute Gasteiger partial charge is 0.453 e. The highest BCUT2D eigenvalue weighted by Crippen LogP contribution is 2.40. The lowest BCUT2D eigenvalue weighted by molar-refractivity contribution is -0.285. The van der Waals surface area contributed by atoms with E-state index in [0.717, 1.165) is 32.1 Å². The summed E-state index contributed by atoms with van der Waals surface area (Å²) in [5, 5.41) is 8.89. The summed E-state index contributed by atoms with van der Waals surface area (Å²) in [7, 11) is 0. The largest absolute Gasteiger partial charge is 0.481 e. The summed E-state index contributed by atoms with van der Waals surface area (Å²) in [6, 6.07) is 0. The number of unbranched alkanes of at least 4 members (excludes halogenated alkanes) is 5. The topological polar surface area (TPSA) is 37.3 Å². The van der Waals surface area contributed by atoms with Crippen LogP contribution in [0.15, 0.2) is 0 Å². The Morgan fingerprint density at radius 2 is 1.48 bits per heavy atom. The first-order valence-corrected chi connectivity index (χ1v) is 7.29. The monoisotopic (exact) mass is 318 g/mol. The van der Waals surface area contributed by atoms with Gasteiger partial charge in [0.25, 0.3) is 0 Å². The molecule has 0 spiro atoms. The second-order valence-electron chi connectivity index (χ2n) is 5.33. The maximum absolute atomic E-state index is 12.8. The summed E-state index contributed by atoms with van der Waals surface area (Å²) in [5.41, 5.74) is 0. The summed E-state index contributed by atoms with van der Waals surface area (Å²) in [4.78, 5) is 10.9. The van der Waals surface area contributed by atoms with Crippen molar-refractivity contribution in [2.24, 2.45) is 5.92 Å². The summed E-state index contributed by atoms with van der Waals surface area (Å²) < 4.78 is 61.6. The Kier molecular flexibility index (Phi) is 8.82. The van der Waals surface area contributed by atoms with Gasteiger partial charge in [0.05, 0.1) is 5.92 Å². The highest BCUT2D eigenvalue weighted by atomic mass is 19.4. The van der Waals surface area contributed by atoms with Crippen LogP contribution in [0.2, 0.25) is 0 Å². The highest BCUT2D eigenvalue weighted by Gasteiger charge is 2.56. The van der Waals surface area contributed by atoms with E-state index < -0.39 is 36.8 Å². The number of rotatable bonds is 11. The minimum absolute atomic E-state index is 0.148. The SMILES string of the molecule is CCCCCCCCC(CCC(F)(F)C(F)(F)F)C(=O)O. The van der Waals surface area contributed by atoms with Crippen LogP contribution in [0.5, 0.6) is 0 Å². The lowest BCUT2D eigenvalue weighted by Crippen LogP contribution is -2.37. The Bertz CT molecular complexity index is 302. The van der Waals surface area contributed by atoms with Crippen LogP contribution in [0, 0.1) is 5.92 Å². The number of aliphatic carboxylic acids is 1. The van der Waals surface area contributed by atoms with E-state index in [1.165, 1.54) is 0 Å². The third kappa shape index (κ3) is 8.21. The molecule has 0 rings (SSSR count). The van der Waals surface area contributed by atoms with Crippen molar-refractivity contribution >= 4 is 5.97 Å². The number of hydrogen-bond donors (Lipinski definition) is 1. The van der Waals surface area contributed by atoms with Gasteiger partial charge in [0.15, 0.2) is 0 Å². The first-order chi connectivity index (χ1) is 9.62. The van der Waals surface area contributed by atoms with Crippen LogP contribution in [0.1, 0.15) is 64.7 Å². The van der Waals surface area contributed by atoms with Crippen LogP contribution in [-0.4, -0.2) is 23.2 Å². The van der Waals surface area contributed by atoms with Gasteiger partial charge in [0.1, 0.15) is 0 Å². The normalized spacial score (nSPS) is 14.2. The Balaban J connectivity index is 4.12. The van der Waals surface area contributed by atoms with E-state index in [-0.39, 0.29) is 6.42 Å². The number of carboxylic acid groups (broad SMARTS) is 1. The van der Waals surface area contributed by atoms with Gasteiger partial charge in [-0.1, -0.05) is 45.4 Å². The van der Waals surface area contributed by atoms with E-state index in [9.17, 15) is 26.7 Å². The Morgan fingerprint density at radius 1 is 0.952 bits per heavy atom. The highest BCUT2D eigenvalue weighted by molar-refractivity contribution is 5.69. The van der Waals surface area contributed by atoms with Crippen molar-refractivity contribution in [1.29, 1.82) is 0 Å². The van der Waals surface area contributed by atoms with Gasteiger partial charge < -0.3 is 5.11 Å². The van der Waals surface area contributed by atoms with Crippen molar-refractivity contribution in [3.8, 4) is 0 Å². The van der Waals surface area contributed by atoms with Crippen LogP contribution in [0.4, 0.5) is 22.0 Å². The number of alkyl halides is 5. The Morgan fingerprint density at radius 3 is 1.95 bits per heavy atom. The molecule has 0 bridgehead atoms. The molecule has 0 aromatic carbocycles. The first-order valence-electron chi connectivity index (χ1n) is 7.29. The van der Waals surface area contributed by atoms with Gasteiger partial charge in [-0.05, 0) is 12.8 Å². The second-order valence-corrected chi connectivity index (χ2v) is 5.33. The van der Waals surface area contributed by atoms with Crippen molar-refractivity contribution in [2.75, 3.05) is 0 Å². The molecule has 0 aliphatic carbocycles. The molecule has 0 saturated carbocycles. The van der Waals surface area contributed by atoms with Crippen molar-refractivity contribution in [2.45, 2.75) is 76.8 Å². The van der Waals surface area contributed by atoms with E-state index in [4.69, 9.17) is 5.11 Å². The van der Waals surface area contributed by atoms with E-state index in [0.29, 0.717) is 6.42 Å². The molecule has 0 aromatic heterocycles. The van der Waals surface area contributed by atoms with Crippen molar-refractivity contribution in [3.05, 3.63) is 0 Å². The summed E-state index contributed by atoms with van der Waals surface area (Å²) in [6.07, 6.45) is -2.16. The van der Waals surface area contributed by atoms with E-state index in [2.05, 4.69) is 6.92 Å². The molecule has 0 aromatic rings. The Labute approximate surface area is 121 Å². The van der Waals surface area contributed by atoms with Crippen LogP contribution in [-0.2, 0) is 4.79 Å². The van der Waals surface area contributed by atoms with Gasteiger partial charge >= 0.3 is 18.1 Å². The average molecular weight is 318 g/mol. The van der Waals surface area contributed by atoms with E-state index in [1.807, 2.05) is 0 Å². The molecule has 0 saturated heterocycles. The molecule has 0 radical (unpaired) electrons. The van der Waals surface area contributed by atoms with Gasteiger partial charge in [0.2, 0.25) is 0 Å². The van der Waals surface area contributed by atoms with Crippen molar-refractivity contribution in [1.82, 2.24) is 0 Å². The summed E-state index contributed by atoms with van der Waals surface area (Å²) in [6.45, 7) is 2.06. The zero-order valence-electron chi connectivity index (χ0n) is 12.2. The first kappa shape index (κ1) is 20.1. The standard InChI is InChI=1S/C14H23F5O2/c1-2-3-4-5-6-7-8-11(12(20)21)9-10-13(15,16)14(17,18)19/h11H,2-10H2,1H3,(H,20,21). The maximum atomic E-state index is 12.8. The van der Waals surface area contributed by atoms with Gasteiger partial charge in [-0.3, -0.25) is 4.79 Å². The molecule has 1 unspecified atom stereocenters. The van der Waals surface area contributed by atoms with Crippen LogP contribution < -0.4 is 0 Å². The lowest BCUT2D eigenvalue weighted by Gasteiger charge is -2.21. The van der Waals surface area contributed by atoms with E-state index in [1.54, 1.807) is 0 Å². The molecule has 0 aliphatic rings. The molecule has 1 atom stereocenters. The molecule has 126 valence electrons. The number of halogens is 5. The summed E-state index contributed by atoms with van der Waals surface area (Å²) in [5.74, 6) is -7.26.